The summed E-state index contributed by atoms with van der Waals surface area (Å²) in [5.74, 6) is 0.824. The van der Waals surface area contributed by atoms with E-state index in [4.69, 9.17) is 14.2 Å². The van der Waals surface area contributed by atoms with Gasteiger partial charge in [-0.3, -0.25) is 9.80 Å². The van der Waals surface area contributed by atoms with Crippen molar-refractivity contribution in [2.24, 2.45) is 0 Å². The van der Waals surface area contributed by atoms with Crippen LogP contribution in [0.4, 0.5) is 9.18 Å². The topological polar surface area (TPSA) is 83.5 Å². The van der Waals surface area contributed by atoms with Crippen molar-refractivity contribution < 1.29 is 28.5 Å². The molecule has 1 aliphatic heterocycles. The number of methoxy groups -OCH3 is 1. The number of hydrogen-bond acceptors (Lipinski definition) is 7. The van der Waals surface area contributed by atoms with Crippen LogP contribution in [-0.4, -0.2) is 73.5 Å². The Morgan fingerprint density at radius 3 is 2.33 bits per heavy atom. The Hall–Kier alpha value is -3.66. The Bertz CT molecular complexity index is 1170. The second-order valence-electron chi connectivity index (χ2n) is 9.57. The van der Waals surface area contributed by atoms with Crippen molar-refractivity contribution in [2.45, 2.75) is 25.8 Å². The number of carbonyl (C=O) groups excluding carboxylic acids is 1. The summed E-state index contributed by atoms with van der Waals surface area (Å²) in [6.07, 6.45) is -1.18. The van der Waals surface area contributed by atoms with Crippen LogP contribution < -0.4 is 14.8 Å². The largest absolute Gasteiger partial charge is 0.493 e. The number of benzene rings is 3. The van der Waals surface area contributed by atoms with E-state index in [1.54, 1.807) is 19.2 Å². The van der Waals surface area contributed by atoms with Crippen LogP contribution in [0, 0.1) is 5.82 Å². The van der Waals surface area contributed by atoms with Crippen molar-refractivity contribution in [3.63, 3.8) is 0 Å². The normalized spacial score (nSPS) is 14.9. The van der Waals surface area contributed by atoms with E-state index in [1.807, 2.05) is 48.5 Å². The number of nitrogens with one attached hydrogen (secondary N) is 1. The van der Waals surface area contributed by atoms with E-state index in [2.05, 4.69) is 15.1 Å². The summed E-state index contributed by atoms with van der Waals surface area (Å²) >= 11 is 0. The third-order valence-corrected chi connectivity index (χ3v) is 6.56. The van der Waals surface area contributed by atoms with Gasteiger partial charge < -0.3 is 24.6 Å². The van der Waals surface area contributed by atoms with Crippen LogP contribution in [-0.2, 0) is 24.4 Å². The van der Waals surface area contributed by atoms with Crippen LogP contribution in [0.25, 0.3) is 0 Å². The summed E-state index contributed by atoms with van der Waals surface area (Å²) in [7, 11) is 1.56. The molecular formula is C30H36FN3O5. The first-order valence-electron chi connectivity index (χ1n) is 13.1. The lowest BCUT2D eigenvalue weighted by Gasteiger charge is -2.35. The Balaban J connectivity index is 1.19. The summed E-state index contributed by atoms with van der Waals surface area (Å²) in [4.78, 5) is 16.6. The summed E-state index contributed by atoms with van der Waals surface area (Å²) in [5.41, 5.74) is 2.82. The average molecular weight is 538 g/mol. The van der Waals surface area contributed by atoms with Gasteiger partial charge >= 0.3 is 6.09 Å². The van der Waals surface area contributed by atoms with Crippen LogP contribution in [0.2, 0.25) is 0 Å². The molecule has 3 aromatic rings. The van der Waals surface area contributed by atoms with Crippen LogP contribution >= 0.6 is 0 Å². The number of β-amino-alcohol motifs (C(OH)–C–C–N with tert-alkyl or cyclic N) is 1. The highest BCUT2D eigenvalue weighted by Crippen LogP contribution is 2.28. The molecule has 1 amide bonds. The van der Waals surface area contributed by atoms with Crippen molar-refractivity contribution in [2.75, 3.05) is 46.4 Å². The van der Waals surface area contributed by atoms with E-state index in [-0.39, 0.29) is 25.6 Å². The zero-order valence-electron chi connectivity index (χ0n) is 22.2. The first kappa shape index (κ1) is 28.4. The molecule has 0 spiro atoms. The smallest absolute Gasteiger partial charge is 0.407 e. The third-order valence-electron chi connectivity index (χ3n) is 6.56. The molecule has 1 aliphatic rings. The standard InChI is InChI=1S/C30H36FN3O5/c1-37-28-12-9-25(18-32-30(36)39-21-24-5-3-2-4-6-24)17-29(28)38-22-27(35)20-34-15-13-33(14-16-34)19-23-7-10-26(31)11-8-23/h2-12,17,27,35H,13-16,18-22H2,1H3,(H,32,36). The van der Waals surface area contributed by atoms with Gasteiger partial charge in [0.25, 0.3) is 0 Å². The molecule has 4 rings (SSSR count). The second kappa shape index (κ2) is 14.5. The fourth-order valence-electron chi connectivity index (χ4n) is 4.41. The maximum Gasteiger partial charge on any atom is 0.407 e. The zero-order chi connectivity index (χ0) is 27.5. The highest BCUT2D eigenvalue weighted by molar-refractivity contribution is 5.67. The lowest BCUT2D eigenvalue weighted by atomic mass is 10.2. The van der Waals surface area contributed by atoms with Crippen molar-refractivity contribution >= 4 is 6.09 Å². The Morgan fingerprint density at radius 1 is 0.923 bits per heavy atom. The van der Waals surface area contributed by atoms with E-state index < -0.39 is 12.2 Å². The summed E-state index contributed by atoms with van der Waals surface area (Å²) < 4.78 is 29.7. The van der Waals surface area contributed by atoms with Crippen molar-refractivity contribution in [3.8, 4) is 11.5 Å². The molecule has 0 aromatic heterocycles. The van der Waals surface area contributed by atoms with E-state index >= 15 is 0 Å². The Labute approximate surface area is 228 Å². The number of halogens is 1. The molecule has 0 aliphatic carbocycles. The molecule has 0 bridgehead atoms. The van der Waals surface area contributed by atoms with Gasteiger partial charge in [0.1, 0.15) is 25.1 Å². The number of piperazine rings is 1. The fourth-order valence-corrected chi connectivity index (χ4v) is 4.41. The summed E-state index contributed by atoms with van der Waals surface area (Å²) in [5, 5.41) is 13.4. The number of rotatable bonds is 12. The number of alkyl carbamates (subject to hydrolysis) is 1. The Morgan fingerprint density at radius 2 is 1.62 bits per heavy atom. The molecule has 1 heterocycles. The molecule has 1 unspecified atom stereocenters. The number of nitrogens with zero attached hydrogens (tertiary/aromatic N) is 2. The number of amides is 1. The predicted octanol–water partition coefficient (Wildman–Crippen LogP) is 3.82. The van der Waals surface area contributed by atoms with Crippen molar-refractivity contribution in [1.82, 2.24) is 15.1 Å². The van der Waals surface area contributed by atoms with Gasteiger partial charge in [0.05, 0.1) is 7.11 Å². The van der Waals surface area contributed by atoms with E-state index in [1.165, 1.54) is 12.1 Å². The minimum Gasteiger partial charge on any atom is -0.493 e. The number of ether oxygens (including phenoxy) is 3. The number of hydrogen-bond donors (Lipinski definition) is 2. The highest BCUT2D eigenvalue weighted by atomic mass is 19.1. The van der Waals surface area contributed by atoms with Crippen LogP contribution in [0.3, 0.4) is 0 Å². The van der Waals surface area contributed by atoms with Gasteiger partial charge in [-0.15, -0.1) is 0 Å². The molecule has 1 saturated heterocycles. The monoisotopic (exact) mass is 537 g/mol. The van der Waals surface area contributed by atoms with Gasteiger partial charge in [0.2, 0.25) is 0 Å². The SMILES string of the molecule is COc1ccc(CNC(=O)OCc2ccccc2)cc1OCC(O)CN1CCN(Cc2ccc(F)cc2)CC1. The quantitative estimate of drug-likeness (QED) is 0.364. The minimum atomic E-state index is -0.673. The molecule has 2 N–H and O–H groups in total. The molecule has 3 aromatic carbocycles. The molecular weight excluding hydrogens is 501 g/mol. The van der Waals surface area contributed by atoms with E-state index in [9.17, 15) is 14.3 Å². The Kier molecular flexibility index (Phi) is 10.5. The lowest BCUT2D eigenvalue weighted by Crippen LogP contribution is -2.48. The highest BCUT2D eigenvalue weighted by Gasteiger charge is 2.20. The van der Waals surface area contributed by atoms with Crippen LogP contribution in [0.15, 0.2) is 72.8 Å². The molecule has 1 fully saturated rings. The van der Waals surface area contributed by atoms with Gasteiger partial charge in [0, 0.05) is 45.8 Å². The lowest BCUT2D eigenvalue weighted by molar-refractivity contribution is 0.0440. The van der Waals surface area contributed by atoms with Crippen LogP contribution in [0.1, 0.15) is 16.7 Å². The summed E-state index contributed by atoms with van der Waals surface area (Å²) in [6.45, 7) is 5.29. The van der Waals surface area contributed by atoms with E-state index in [0.717, 1.165) is 49.4 Å². The number of aliphatic hydroxyl groups is 1. The second-order valence-corrected chi connectivity index (χ2v) is 9.57. The first-order chi connectivity index (χ1) is 19.0. The molecule has 0 radical (unpaired) electrons. The maximum absolute atomic E-state index is 13.1. The first-order valence-corrected chi connectivity index (χ1v) is 13.1. The molecule has 0 saturated carbocycles. The maximum atomic E-state index is 13.1. The molecule has 9 heteroatoms. The predicted molar refractivity (Wildman–Crippen MR) is 146 cm³/mol. The minimum absolute atomic E-state index is 0.113. The van der Waals surface area contributed by atoms with Crippen molar-refractivity contribution in [3.05, 3.63) is 95.3 Å². The zero-order valence-corrected chi connectivity index (χ0v) is 22.2. The van der Waals surface area contributed by atoms with Gasteiger partial charge in [0.15, 0.2) is 11.5 Å². The van der Waals surface area contributed by atoms with Gasteiger partial charge in [-0.05, 0) is 41.0 Å². The summed E-state index contributed by atoms with van der Waals surface area (Å²) in [6, 6.07) is 21.5. The fraction of sp³-hybridized carbons (Fsp3) is 0.367. The molecule has 8 nitrogen and oxygen atoms in total. The average Bonchev–Trinajstić information content (AvgIpc) is 2.96. The molecule has 39 heavy (non-hydrogen) atoms. The van der Waals surface area contributed by atoms with Gasteiger partial charge in [-0.2, -0.15) is 0 Å². The van der Waals surface area contributed by atoms with Gasteiger partial charge in [-0.25, -0.2) is 9.18 Å². The number of carbonyl (C=O) groups is 1. The van der Waals surface area contributed by atoms with Crippen molar-refractivity contribution in [1.29, 1.82) is 0 Å². The molecule has 1 atom stereocenters. The third kappa shape index (κ3) is 9.24. The van der Waals surface area contributed by atoms with Crippen LogP contribution in [0.5, 0.6) is 11.5 Å². The van der Waals surface area contributed by atoms with E-state index in [0.29, 0.717) is 18.0 Å². The number of aliphatic hydroxyl groups excluding tert-OH is 1. The molecule has 208 valence electrons. The van der Waals surface area contributed by atoms with Gasteiger partial charge in [-0.1, -0.05) is 48.5 Å².